The summed E-state index contributed by atoms with van der Waals surface area (Å²) in [5, 5.41) is 0. The number of primary amides is 1. The Morgan fingerprint density at radius 3 is 2.21 bits per heavy atom. The lowest BCUT2D eigenvalue weighted by molar-refractivity contribution is -0.118. The molecule has 14 heavy (non-hydrogen) atoms. The largest absolute Gasteiger partial charge is 0.370 e. The van der Waals surface area contributed by atoms with Crippen LogP contribution in [0.2, 0.25) is 0 Å². The summed E-state index contributed by atoms with van der Waals surface area (Å²) in [5.74, 6) is 0.552. The van der Waals surface area contributed by atoms with Crippen LogP contribution in [0, 0.1) is 5.92 Å². The topological polar surface area (TPSA) is 46.3 Å². The molecule has 0 aromatic carbocycles. The van der Waals surface area contributed by atoms with Crippen molar-refractivity contribution in [3.05, 3.63) is 0 Å². The summed E-state index contributed by atoms with van der Waals surface area (Å²) in [6, 6.07) is 0. The molecule has 0 unspecified atom stereocenters. The molecule has 0 aliphatic carbocycles. The molecular formula is C11H24N2O. The highest BCUT2D eigenvalue weighted by Gasteiger charge is 2.10. The number of hydrogen-bond donors (Lipinski definition) is 1. The van der Waals surface area contributed by atoms with Crippen LogP contribution in [-0.2, 0) is 4.79 Å². The first-order chi connectivity index (χ1) is 6.63. The quantitative estimate of drug-likeness (QED) is 0.647. The Hall–Kier alpha value is -0.570. The third-order valence-electron chi connectivity index (χ3n) is 2.79. The molecular weight excluding hydrogens is 176 g/mol. The second kappa shape index (κ2) is 7.80. The van der Waals surface area contributed by atoms with Crippen LogP contribution in [-0.4, -0.2) is 30.4 Å². The zero-order valence-electron chi connectivity index (χ0n) is 9.75. The number of hydrogen-bond acceptors (Lipinski definition) is 2. The van der Waals surface area contributed by atoms with Gasteiger partial charge in [-0.25, -0.2) is 0 Å². The number of carbonyl (C=O) groups excluding carboxylic acids is 1. The molecule has 0 radical (unpaired) electrons. The highest BCUT2D eigenvalue weighted by molar-refractivity contribution is 5.73. The van der Waals surface area contributed by atoms with Crippen molar-refractivity contribution >= 4 is 5.91 Å². The lowest BCUT2D eigenvalue weighted by Gasteiger charge is -2.24. The molecule has 3 nitrogen and oxygen atoms in total. The van der Waals surface area contributed by atoms with Crippen molar-refractivity contribution in [1.29, 1.82) is 0 Å². The highest BCUT2D eigenvalue weighted by atomic mass is 16.1. The molecule has 0 aromatic rings. The van der Waals surface area contributed by atoms with E-state index in [1.54, 1.807) is 0 Å². The molecule has 0 aromatic heterocycles. The van der Waals surface area contributed by atoms with Gasteiger partial charge in [0, 0.05) is 19.5 Å². The van der Waals surface area contributed by atoms with Gasteiger partial charge < -0.3 is 10.6 Å². The van der Waals surface area contributed by atoms with Crippen molar-refractivity contribution in [3.63, 3.8) is 0 Å². The van der Waals surface area contributed by atoms with Crippen molar-refractivity contribution in [2.75, 3.05) is 19.6 Å². The summed E-state index contributed by atoms with van der Waals surface area (Å²) < 4.78 is 0. The predicted molar refractivity (Wildman–Crippen MR) is 60.0 cm³/mol. The first-order valence-corrected chi connectivity index (χ1v) is 5.64. The lowest BCUT2D eigenvalue weighted by atomic mass is 10.0. The van der Waals surface area contributed by atoms with Crippen LogP contribution >= 0.6 is 0 Å². The van der Waals surface area contributed by atoms with Crippen molar-refractivity contribution in [2.24, 2.45) is 11.7 Å². The summed E-state index contributed by atoms with van der Waals surface area (Å²) >= 11 is 0. The fourth-order valence-electron chi connectivity index (χ4n) is 1.56. The predicted octanol–water partition coefficient (Wildman–Crippen LogP) is 1.62. The third-order valence-corrected chi connectivity index (χ3v) is 2.79. The standard InChI is InChI=1S/C11H24N2O/c1-4-10(5-2)9-13(6-3)8-7-11(12)14/h10H,4-9H2,1-3H3,(H2,12,14). The molecule has 0 rings (SSSR count). The molecule has 0 saturated carbocycles. The summed E-state index contributed by atoms with van der Waals surface area (Å²) in [4.78, 5) is 12.9. The van der Waals surface area contributed by atoms with Gasteiger partial charge in [0.05, 0.1) is 0 Å². The van der Waals surface area contributed by atoms with Gasteiger partial charge >= 0.3 is 0 Å². The fourth-order valence-corrected chi connectivity index (χ4v) is 1.56. The van der Waals surface area contributed by atoms with Crippen LogP contribution in [0.1, 0.15) is 40.0 Å². The second-order valence-electron chi connectivity index (χ2n) is 3.79. The minimum Gasteiger partial charge on any atom is -0.370 e. The third kappa shape index (κ3) is 5.97. The fraction of sp³-hybridized carbons (Fsp3) is 0.909. The number of rotatable bonds is 8. The number of nitrogens with zero attached hydrogens (tertiary/aromatic N) is 1. The summed E-state index contributed by atoms with van der Waals surface area (Å²) in [5.41, 5.74) is 5.13. The molecule has 0 aliphatic heterocycles. The Balaban J connectivity index is 3.82. The van der Waals surface area contributed by atoms with E-state index in [2.05, 4.69) is 25.7 Å². The number of amides is 1. The van der Waals surface area contributed by atoms with Crippen LogP contribution in [0.4, 0.5) is 0 Å². The Kier molecular flexibility index (Phi) is 7.48. The maximum atomic E-state index is 10.6. The van der Waals surface area contributed by atoms with Crippen LogP contribution in [0.5, 0.6) is 0 Å². The van der Waals surface area contributed by atoms with Crippen LogP contribution < -0.4 is 5.73 Å². The van der Waals surface area contributed by atoms with E-state index < -0.39 is 0 Å². The Morgan fingerprint density at radius 1 is 1.29 bits per heavy atom. The van der Waals surface area contributed by atoms with Gasteiger partial charge in [0.1, 0.15) is 0 Å². The highest BCUT2D eigenvalue weighted by Crippen LogP contribution is 2.09. The summed E-state index contributed by atoms with van der Waals surface area (Å²) in [6.07, 6.45) is 2.90. The number of carbonyl (C=O) groups is 1. The average molecular weight is 200 g/mol. The zero-order valence-corrected chi connectivity index (χ0v) is 9.75. The summed E-state index contributed by atoms with van der Waals surface area (Å²) in [7, 11) is 0. The summed E-state index contributed by atoms with van der Waals surface area (Å²) in [6.45, 7) is 9.47. The van der Waals surface area contributed by atoms with Crippen LogP contribution in [0.3, 0.4) is 0 Å². The first kappa shape index (κ1) is 13.4. The monoisotopic (exact) mass is 200 g/mol. The molecule has 0 fully saturated rings. The molecule has 3 heteroatoms. The van der Waals surface area contributed by atoms with Gasteiger partial charge in [-0.15, -0.1) is 0 Å². The van der Waals surface area contributed by atoms with E-state index in [0.717, 1.165) is 25.6 Å². The van der Waals surface area contributed by atoms with Gasteiger partial charge in [-0.3, -0.25) is 4.79 Å². The molecule has 0 saturated heterocycles. The van der Waals surface area contributed by atoms with E-state index in [-0.39, 0.29) is 5.91 Å². The SMILES string of the molecule is CCC(CC)CN(CC)CCC(N)=O. The maximum Gasteiger partial charge on any atom is 0.218 e. The Bertz CT molecular complexity index is 155. The van der Waals surface area contributed by atoms with E-state index in [0.29, 0.717) is 6.42 Å². The molecule has 0 spiro atoms. The first-order valence-electron chi connectivity index (χ1n) is 5.64. The van der Waals surface area contributed by atoms with E-state index >= 15 is 0 Å². The van der Waals surface area contributed by atoms with E-state index in [1.165, 1.54) is 12.8 Å². The van der Waals surface area contributed by atoms with E-state index in [1.807, 2.05) is 0 Å². The molecule has 0 bridgehead atoms. The Morgan fingerprint density at radius 2 is 1.86 bits per heavy atom. The smallest absolute Gasteiger partial charge is 0.218 e. The normalized spacial score (nSPS) is 11.2. The molecule has 1 amide bonds. The molecule has 0 heterocycles. The van der Waals surface area contributed by atoms with Crippen LogP contribution in [0.15, 0.2) is 0 Å². The van der Waals surface area contributed by atoms with E-state index in [9.17, 15) is 4.79 Å². The van der Waals surface area contributed by atoms with Crippen molar-refractivity contribution in [3.8, 4) is 0 Å². The van der Waals surface area contributed by atoms with Crippen molar-refractivity contribution in [1.82, 2.24) is 4.90 Å². The van der Waals surface area contributed by atoms with E-state index in [4.69, 9.17) is 5.73 Å². The number of nitrogens with two attached hydrogens (primary N) is 1. The van der Waals surface area contributed by atoms with Gasteiger partial charge in [0.25, 0.3) is 0 Å². The molecule has 0 aliphatic rings. The molecule has 2 N–H and O–H groups in total. The van der Waals surface area contributed by atoms with Gasteiger partial charge in [0.15, 0.2) is 0 Å². The minimum atomic E-state index is -0.201. The average Bonchev–Trinajstić information content (AvgIpc) is 2.18. The van der Waals surface area contributed by atoms with Crippen LogP contribution in [0.25, 0.3) is 0 Å². The Labute approximate surface area is 87.6 Å². The van der Waals surface area contributed by atoms with Gasteiger partial charge in [-0.05, 0) is 12.5 Å². The molecule has 84 valence electrons. The van der Waals surface area contributed by atoms with Gasteiger partial charge in [-0.2, -0.15) is 0 Å². The lowest BCUT2D eigenvalue weighted by Crippen LogP contribution is -2.32. The van der Waals surface area contributed by atoms with Crippen molar-refractivity contribution < 1.29 is 4.79 Å². The molecule has 0 atom stereocenters. The van der Waals surface area contributed by atoms with Crippen molar-refractivity contribution in [2.45, 2.75) is 40.0 Å². The zero-order chi connectivity index (χ0) is 11.0. The second-order valence-corrected chi connectivity index (χ2v) is 3.79. The minimum absolute atomic E-state index is 0.201. The van der Waals surface area contributed by atoms with Gasteiger partial charge in [0.2, 0.25) is 5.91 Å². The van der Waals surface area contributed by atoms with Gasteiger partial charge in [-0.1, -0.05) is 33.6 Å². The maximum absolute atomic E-state index is 10.6.